The van der Waals surface area contributed by atoms with E-state index in [1.807, 2.05) is 0 Å². The van der Waals surface area contributed by atoms with Crippen LogP contribution in [0.1, 0.15) is 51.3 Å². The van der Waals surface area contributed by atoms with Gasteiger partial charge in [0.05, 0.1) is 0 Å². The van der Waals surface area contributed by atoms with Crippen LogP contribution >= 0.6 is 0 Å². The Hall–Kier alpha value is -0.820. The van der Waals surface area contributed by atoms with Crippen LogP contribution in [0, 0.1) is 11.8 Å². The molecule has 1 rings (SSSR count). The molecule has 0 aliphatic rings. The van der Waals surface area contributed by atoms with Gasteiger partial charge in [-0.1, -0.05) is 52.0 Å². The molecule has 0 saturated carbocycles. The summed E-state index contributed by atoms with van der Waals surface area (Å²) in [5.41, 5.74) is 2.89. The normalized spacial score (nSPS) is 13.4. The largest absolute Gasteiger partial charge is 0.313 e. The Labute approximate surface area is 107 Å². The third-order valence-corrected chi connectivity index (χ3v) is 3.05. The van der Waals surface area contributed by atoms with E-state index >= 15 is 0 Å². The lowest BCUT2D eigenvalue weighted by Crippen LogP contribution is -2.18. The monoisotopic (exact) mass is 233 g/mol. The molecule has 0 bridgehead atoms. The molecule has 17 heavy (non-hydrogen) atoms. The Balaban J connectivity index is 2.81. The van der Waals surface area contributed by atoms with Crippen molar-refractivity contribution >= 4 is 0 Å². The predicted molar refractivity (Wildman–Crippen MR) is 76.2 cm³/mol. The second-order valence-corrected chi connectivity index (χ2v) is 5.81. The highest BCUT2D eigenvalue weighted by Gasteiger charge is 2.11. The minimum Gasteiger partial charge on any atom is -0.313 e. The summed E-state index contributed by atoms with van der Waals surface area (Å²) in [6.45, 7) is 9.11. The van der Waals surface area contributed by atoms with Gasteiger partial charge in [-0.2, -0.15) is 0 Å². The van der Waals surface area contributed by atoms with Crippen LogP contribution in [0.15, 0.2) is 24.3 Å². The summed E-state index contributed by atoms with van der Waals surface area (Å²) < 4.78 is 0. The zero-order chi connectivity index (χ0) is 12.8. The Morgan fingerprint density at radius 3 is 2.29 bits per heavy atom. The summed E-state index contributed by atoms with van der Waals surface area (Å²) in [7, 11) is 2.06. The van der Waals surface area contributed by atoms with Crippen molar-refractivity contribution in [2.24, 2.45) is 11.8 Å². The van der Waals surface area contributed by atoms with E-state index in [4.69, 9.17) is 0 Å². The van der Waals surface area contributed by atoms with Gasteiger partial charge >= 0.3 is 0 Å². The summed E-state index contributed by atoms with van der Waals surface area (Å²) in [6, 6.07) is 9.53. The zero-order valence-electron chi connectivity index (χ0n) is 12.0. The molecule has 0 amide bonds. The van der Waals surface area contributed by atoms with Gasteiger partial charge in [-0.25, -0.2) is 0 Å². The maximum Gasteiger partial charge on any atom is 0.0320 e. The van der Waals surface area contributed by atoms with E-state index in [2.05, 4.69) is 64.3 Å². The fourth-order valence-electron chi connectivity index (χ4n) is 2.30. The van der Waals surface area contributed by atoms with E-state index < -0.39 is 0 Å². The average Bonchev–Trinajstić information content (AvgIpc) is 2.25. The molecule has 0 saturated heterocycles. The lowest BCUT2D eigenvalue weighted by Gasteiger charge is -2.19. The molecule has 0 aliphatic carbocycles. The Kier molecular flexibility index (Phi) is 5.70. The molecule has 0 fully saturated rings. The average molecular weight is 233 g/mol. The minimum atomic E-state index is 0.488. The number of nitrogens with one attached hydrogen (secondary N) is 1. The van der Waals surface area contributed by atoms with E-state index in [1.165, 1.54) is 24.0 Å². The van der Waals surface area contributed by atoms with Crippen molar-refractivity contribution in [3.63, 3.8) is 0 Å². The van der Waals surface area contributed by atoms with E-state index in [1.54, 1.807) is 0 Å². The minimum absolute atomic E-state index is 0.488. The molecule has 96 valence electrons. The first-order valence-corrected chi connectivity index (χ1v) is 6.79. The van der Waals surface area contributed by atoms with Gasteiger partial charge in [0, 0.05) is 6.04 Å². The van der Waals surface area contributed by atoms with Crippen LogP contribution in [0.2, 0.25) is 0 Å². The standard InChI is InChI=1S/C16H27N/c1-12(2)9-14-7-6-8-15(11-14)16(17-5)10-13(3)4/h6-8,11-13,16-17H,9-10H2,1-5H3. The van der Waals surface area contributed by atoms with Crippen molar-refractivity contribution in [3.8, 4) is 0 Å². The molecule has 1 nitrogen and oxygen atoms in total. The van der Waals surface area contributed by atoms with Crippen LogP contribution in [0.25, 0.3) is 0 Å². The van der Waals surface area contributed by atoms with Gasteiger partial charge in [0.15, 0.2) is 0 Å². The van der Waals surface area contributed by atoms with Crippen LogP contribution < -0.4 is 5.32 Å². The summed E-state index contributed by atoms with van der Waals surface area (Å²) >= 11 is 0. The summed E-state index contributed by atoms with van der Waals surface area (Å²) in [5.74, 6) is 1.45. The van der Waals surface area contributed by atoms with Crippen molar-refractivity contribution in [2.75, 3.05) is 7.05 Å². The highest BCUT2D eigenvalue weighted by atomic mass is 14.9. The van der Waals surface area contributed by atoms with Crippen LogP contribution in [0.3, 0.4) is 0 Å². The fourth-order valence-corrected chi connectivity index (χ4v) is 2.30. The Bertz CT molecular complexity index is 328. The van der Waals surface area contributed by atoms with Gasteiger partial charge in [0.1, 0.15) is 0 Å². The quantitative estimate of drug-likeness (QED) is 0.777. The van der Waals surface area contributed by atoms with Crippen molar-refractivity contribution in [1.29, 1.82) is 0 Å². The summed E-state index contributed by atoms with van der Waals surface area (Å²) in [4.78, 5) is 0. The second-order valence-electron chi connectivity index (χ2n) is 5.81. The first-order valence-electron chi connectivity index (χ1n) is 6.79. The number of hydrogen-bond donors (Lipinski definition) is 1. The van der Waals surface area contributed by atoms with Gasteiger partial charge in [0.25, 0.3) is 0 Å². The van der Waals surface area contributed by atoms with Gasteiger partial charge in [0.2, 0.25) is 0 Å². The molecule has 1 aromatic rings. The first kappa shape index (κ1) is 14.2. The van der Waals surface area contributed by atoms with Gasteiger partial charge in [-0.15, -0.1) is 0 Å². The maximum absolute atomic E-state index is 3.43. The second kappa shape index (κ2) is 6.80. The third kappa shape index (κ3) is 4.91. The van der Waals surface area contributed by atoms with E-state index in [0.29, 0.717) is 6.04 Å². The molecule has 0 heterocycles. The fraction of sp³-hybridized carbons (Fsp3) is 0.625. The topological polar surface area (TPSA) is 12.0 Å². The van der Waals surface area contributed by atoms with Crippen LogP contribution in [-0.4, -0.2) is 7.05 Å². The van der Waals surface area contributed by atoms with E-state index in [-0.39, 0.29) is 0 Å². The molecule has 1 N–H and O–H groups in total. The zero-order valence-corrected chi connectivity index (χ0v) is 12.0. The summed E-state index contributed by atoms with van der Waals surface area (Å²) in [6.07, 6.45) is 2.37. The third-order valence-electron chi connectivity index (χ3n) is 3.05. The van der Waals surface area contributed by atoms with E-state index in [0.717, 1.165) is 11.8 Å². The lowest BCUT2D eigenvalue weighted by atomic mass is 9.94. The Morgan fingerprint density at radius 1 is 1.06 bits per heavy atom. The smallest absolute Gasteiger partial charge is 0.0320 e. The molecule has 0 aromatic heterocycles. The van der Waals surface area contributed by atoms with Gasteiger partial charge < -0.3 is 5.32 Å². The first-order chi connectivity index (χ1) is 8.02. The Morgan fingerprint density at radius 2 is 1.76 bits per heavy atom. The van der Waals surface area contributed by atoms with Crippen LogP contribution in [0.4, 0.5) is 0 Å². The number of rotatable bonds is 6. The number of hydrogen-bond acceptors (Lipinski definition) is 1. The molecule has 0 aliphatic heterocycles. The van der Waals surface area contributed by atoms with Crippen molar-refractivity contribution in [3.05, 3.63) is 35.4 Å². The highest BCUT2D eigenvalue weighted by molar-refractivity contribution is 5.26. The van der Waals surface area contributed by atoms with Crippen LogP contribution in [0.5, 0.6) is 0 Å². The van der Waals surface area contributed by atoms with Crippen molar-refractivity contribution in [1.82, 2.24) is 5.32 Å². The number of benzene rings is 1. The van der Waals surface area contributed by atoms with Crippen molar-refractivity contribution in [2.45, 2.75) is 46.6 Å². The van der Waals surface area contributed by atoms with Crippen molar-refractivity contribution < 1.29 is 0 Å². The maximum atomic E-state index is 3.43. The summed E-state index contributed by atoms with van der Waals surface area (Å²) in [5, 5.41) is 3.43. The SMILES string of the molecule is CNC(CC(C)C)c1cccc(CC(C)C)c1. The molecule has 0 radical (unpaired) electrons. The lowest BCUT2D eigenvalue weighted by molar-refractivity contribution is 0.456. The molecular formula is C16H27N. The molecule has 1 atom stereocenters. The van der Waals surface area contributed by atoms with Gasteiger partial charge in [-0.05, 0) is 42.9 Å². The van der Waals surface area contributed by atoms with Gasteiger partial charge in [-0.3, -0.25) is 0 Å². The molecule has 1 heteroatoms. The highest BCUT2D eigenvalue weighted by Crippen LogP contribution is 2.22. The van der Waals surface area contributed by atoms with Crippen LogP contribution in [-0.2, 0) is 6.42 Å². The molecule has 0 spiro atoms. The van der Waals surface area contributed by atoms with E-state index in [9.17, 15) is 0 Å². The molecule has 1 unspecified atom stereocenters. The predicted octanol–water partition coefficient (Wildman–Crippen LogP) is 4.19. The molecule has 1 aromatic carbocycles. The molecular weight excluding hydrogens is 206 g/mol.